The molecule has 6 heteroatoms. The summed E-state index contributed by atoms with van der Waals surface area (Å²) >= 11 is 0. The summed E-state index contributed by atoms with van der Waals surface area (Å²) in [5.41, 5.74) is 0.568. The Labute approximate surface area is 115 Å². The number of rotatable bonds is 4. The molecule has 0 bridgehead atoms. The van der Waals surface area contributed by atoms with E-state index >= 15 is 0 Å². The Morgan fingerprint density at radius 1 is 1.45 bits per heavy atom. The molecule has 1 heterocycles. The van der Waals surface area contributed by atoms with Gasteiger partial charge in [0.25, 0.3) is 5.91 Å². The van der Waals surface area contributed by atoms with E-state index in [2.05, 4.69) is 0 Å². The molecule has 1 aliphatic rings. The number of ether oxygens (including phenoxy) is 1. The smallest absolute Gasteiger partial charge is 0.291 e. The Hall–Kier alpha value is -2.34. The van der Waals surface area contributed by atoms with Crippen LogP contribution in [0.15, 0.2) is 35.6 Å². The van der Waals surface area contributed by atoms with Crippen molar-refractivity contribution in [3.05, 3.63) is 41.2 Å². The molecule has 0 aliphatic carbocycles. The third-order valence-corrected chi connectivity index (χ3v) is 3.24. The van der Waals surface area contributed by atoms with Crippen LogP contribution in [0.4, 0.5) is 0 Å². The zero-order valence-corrected chi connectivity index (χ0v) is 11.2. The van der Waals surface area contributed by atoms with E-state index in [1.807, 2.05) is 0 Å². The third-order valence-electron chi connectivity index (χ3n) is 3.24. The van der Waals surface area contributed by atoms with Crippen LogP contribution in [0, 0.1) is 0 Å². The fraction of sp³-hybridized carbons (Fsp3) is 0.286. The van der Waals surface area contributed by atoms with E-state index < -0.39 is 30.2 Å². The van der Waals surface area contributed by atoms with Crippen molar-refractivity contribution in [2.45, 2.75) is 13.0 Å². The van der Waals surface area contributed by atoms with Crippen molar-refractivity contribution in [1.82, 2.24) is 4.90 Å². The minimum absolute atomic E-state index is 0.0164. The summed E-state index contributed by atoms with van der Waals surface area (Å²) in [4.78, 5) is 24.6. The standard InChI is InChI=1S/C14H15NO5/c1-8(17)11-12(15(7-16)14(19)13(11)18)9-4-3-5-10(6-9)20-2/h3-6,12,16,18H,7H2,1-2H3. The summed E-state index contributed by atoms with van der Waals surface area (Å²) in [7, 11) is 1.50. The van der Waals surface area contributed by atoms with Crippen molar-refractivity contribution >= 4 is 11.7 Å². The zero-order valence-electron chi connectivity index (χ0n) is 11.2. The minimum atomic E-state index is -0.805. The van der Waals surface area contributed by atoms with Gasteiger partial charge in [0.2, 0.25) is 0 Å². The van der Waals surface area contributed by atoms with Crippen LogP contribution in [0.25, 0.3) is 0 Å². The molecule has 0 aromatic heterocycles. The van der Waals surface area contributed by atoms with Crippen molar-refractivity contribution in [3.63, 3.8) is 0 Å². The molecule has 0 radical (unpaired) electrons. The van der Waals surface area contributed by atoms with Crippen LogP contribution in [0.3, 0.4) is 0 Å². The molecule has 1 unspecified atom stereocenters. The van der Waals surface area contributed by atoms with E-state index in [1.165, 1.54) is 14.0 Å². The van der Waals surface area contributed by atoms with Crippen molar-refractivity contribution in [3.8, 4) is 5.75 Å². The topological polar surface area (TPSA) is 87.1 Å². The second-order valence-electron chi connectivity index (χ2n) is 4.41. The van der Waals surface area contributed by atoms with Gasteiger partial charge in [0.15, 0.2) is 11.5 Å². The van der Waals surface area contributed by atoms with Gasteiger partial charge in [-0.05, 0) is 24.6 Å². The van der Waals surface area contributed by atoms with Gasteiger partial charge in [-0.1, -0.05) is 12.1 Å². The van der Waals surface area contributed by atoms with Crippen LogP contribution in [0.2, 0.25) is 0 Å². The van der Waals surface area contributed by atoms with Crippen LogP contribution in [0.5, 0.6) is 5.75 Å². The van der Waals surface area contributed by atoms with Crippen LogP contribution in [-0.2, 0) is 9.59 Å². The fourth-order valence-electron chi connectivity index (χ4n) is 2.32. The molecule has 1 aromatic carbocycles. The largest absolute Gasteiger partial charge is 0.503 e. The average Bonchev–Trinajstić information content (AvgIpc) is 2.71. The third kappa shape index (κ3) is 2.14. The molecule has 0 saturated carbocycles. The van der Waals surface area contributed by atoms with Crippen LogP contribution < -0.4 is 4.74 Å². The number of ketones is 1. The first-order valence-corrected chi connectivity index (χ1v) is 6.01. The number of carbonyl (C=O) groups excluding carboxylic acids is 2. The van der Waals surface area contributed by atoms with E-state index in [-0.39, 0.29) is 5.57 Å². The molecular formula is C14H15NO5. The fourth-order valence-corrected chi connectivity index (χ4v) is 2.32. The van der Waals surface area contributed by atoms with Gasteiger partial charge in [-0.25, -0.2) is 0 Å². The van der Waals surface area contributed by atoms with Crippen LogP contribution >= 0.6 is 0 Å². The molecule has 1 aliphatic heterocycles. The lowest BCUT2D eigenvalue weighted by Gasteiger charge is -2.24. The molecule has 0 spiro atoms. The summed E-state index contributed by atoms with van der Waals surface area (Å²) in [6.07, 6.45) is 0. The van der Waals surface area contributed by atoms with Crippen molar-refractivity contribution in [1.29, 1.82) is 0 Å². The minimum Gasteiger partial charge on any atom is -0.503 e. The first-order valence-electron chi connectivity index (χ1n) is 6.01. The molecule has 6 nitrogen and oxygen atoms in total. The van der Waals surface area contributed by atoms with Gasteiger partial charge in [-0.2, -0.15) is 0 Å². The summed E-state index contributed by atoms with van der Waals surface area (Å²) in [5.74, 6) is -1.23. The van der Waals surface area contributed by atoms with E-state index in [1.54, 1.807) is 24.3 Å². The van der Waals surface area contributed by atoms with Gasteiger partial charge in [-0.3, -0.25) is 9.59 Å². The molecule has 106 valence electrons. The zero-order chi connectivity index (χ0) is 14.9. The lowest BCUT2D eigenvalue weighted by atomic mass is 9.97. The number of benzene rings is 1. The van der Waals surface area contributed by atoms with Crippen LogP contribution in [0.1, 0.15) is 18.5 Å². The SMILES string of the molecule is COc1cccc(C2C(C(C)=O)=C(O)C(=O)N2CO)c1. The number of aliphatic hydroxyl groups is 2. The van der Waals surface area contributed by atoms with Gasteiger partial charge in [0.1, 0.15) is 12.5 Å². The summed E-state index contributed by atoms with van der Waals surface area (Å²) in [6, 6.07) is 5.98. The van der Waals surface area contributed by atoms with Gasteiger partial charge in [0.05, 0.1) is 18.7 Å². The van der Waals surface area contributed by atoms with Gasteiger partial charge in [-0.15, -0.1) is 0 Å². The normalized spacial score (nSPS) is 18.6. The van der Waals surface area contributed by atoms with Gasteiger partial charge in [0, 0.05) is 0 Å². The Bertz CT molecular complexity index is 593. The van der Waals surface area contributed by atoms with E-state index in [9.17, 15) is 19.8 Å². The molecule has 0 saturated heterocycles. The predicted octanol–water partition coefficient (Wildman–Crippen LogP) is 0.929. The van der Waals surface area contributed by atoms with Gasteiger partial charge >= 0.3 is 0 Å². The summed E-state index contributed by atoms with van der Waals surface area (Å²) < 4.78 is 5.10. The number of carbonyl (C=O) groups is 2. The molecular weight excluding hydrogens is 262 g/mol. The lowest BCUT2D eigenvalue weighted by molar-refractivity contribution is -0.133. The van der Waals surface area contributed by atoms with Gasteiger partial charge < -0.3 is 19.8 Å². The second-order valence-corrected chi connectivity index (χ2v) is 4.41. The number of hydrogen-bond donors (Lipinski definition) is 2. The maximum absolute atomic E-state index is 11.9. The lowest BCUT2D eigenvalue weighted by Crippen LogP contribution is -2.31. The maximum Gasteiger partial charge on any atom is 0.291 e. The number of Topliss-reactive ketones (excluding diaryl/α,β-unsaturated/α-hetero) is 1. The predicted molar refractivity (Wildman–Crippen MR) is 70.0 cm³/mol. The highest BCUT2D eigenvalue weighted by molar-refractivity contribution is 6.08. The Balaban J connectivity index is 2.55. The van der Waals surface area contributed by atoms with E-state index in [4.69, 9.17) is 4.74 Å². The monoisotopic (exact) mass is 277 g/mol. The Morgan fingerprint density at radius 2 is 2.15 bits per heavy atom. The van der Waals surface area contributed by atoms with E-state index in [0.29, 0.717) is 11.3 Å². The first-order chi connectivity index (χ1) is 9.51. The molecule has 1 atom stereocenters. The highest BCUT2D eigenvalue weighted by Gasteiger charge is 2.42. The first kappa shape index (κ1) is 14.1. The second kappa shape index (κ2) is 5.34. The molecule has 0 fully saturated rings. The number of aliphatic hydroxyl groups excluding tert-OH is 2. The number of nitrogens with zero attached hydrogens (tertiary/aromatic N) is 1. The number of hydrogen-bond acceptors (Lipinski definition) is 5. The molecule has 1 amide bonds. The molecule has 2 rings (SSSR count). The quantitative estimate of drug-likeness (QED) is 0.855. The molecule has 1 aromatic rings. The van der Waals surface area contributed by atoms with Crippen LogP contribution in [-0.4, -0.2) is 40.6 Å². The Morgan fingerprint density at radius 3 is 2.70 bits per heavy atom. The molecule has 2 N–H and O–H groups in total. The average molecular weight is 277 g/mol. The molecule has 20 heavy (non-hydrogen) atoms. The number of methoxy groups -OCH3 is 1. The maximum atomic E-state index is 11.9. The van der Waals surface area contributed by atoms with Crippen molar-refractivity contribution in [2.75, 3.05) is 13.8 Å². The summed E-state index contributed by atoms with van der Waals surface area (Å²) in [6.45, 7) is 0.675. The number of amides is 1. The Kier molecular flexibility index (Phi) is 3.76. The summed E-state index contributed by atoms with van der Waals surface area (Å²) in [5, 5.41) is 19.1. The highest BCUT2D eigenvalue weighted by Crippen LogP contribution is 2.38. The highest BCUT2D eigenvalue weighted by atomic mass is 16.5. The van der Waals surface area contributed by atoms with Crippen molar-refractivity contribution < 1.29 is 24.5 Å². The van der Waals surface area contributed by atoms with Crippen molar-refractivity contribution in [2.24, 2.45) is 0 Å². The van der Waals surface area contributed by atoms with E-state index in [0.717, 1.165) is 4.90 Å².